The number of hydrogen-bond donors (Lipinski definition) is 1. The monoisotopic (exact) mass is 515 g/mol. The molecule has 0 unspecified atom stereocenters. The molecule has 1 fully saturated rings. The molecule has 1 N–H and O–H groups in total. The van der Waals surface area contributed by atoms with Gasteiger partial charge in [-0.1, -0.05) is 0 Å². The van der Waals surface area contributed by atoms with Crippen molar-refractivity contribution in [3.8, 4) is 11.5 Å². The standard InChI is InChI=1S/C27H38FN5O4/c1-7-33(18(2)3)25(34)21-13-20(28)10-11-22(21)37-23-14-29-17-30-24(23)32-12-8-9-19(15-32)16-36-26(35)31-27(4,5)6/h10-11,13-14,17-19H,7-9,12,15-16H2,1-6H3,(H,31,35)/t19-/m1/s1. The molecule has 0 aliphatic carbocycles. The van der Waals surface area contributed by atoms with Crippen molar-refractivity contribution in [1.82, 2.24) is 20.2 Å². The van der Waals surface area contributed by atoms with Crippen LogP contribution in [0.25, 0.3) is 0 Å². The average Bonchev–Trinajstić information content (AvgIpc) is 2.83. The fourth-order valence-electron chi connectivity index (χ4n) is 4.32. The third kappa shape index (κ3) is 7.77. The first-order chi connectivity index (χ1) is 17.5. The van der Waals surface area contributed by atoms with Crippen molar-refractivity contribution in [3.63, 3.8) is 0 Å². The van der Waals surface area contributed by atoms with Crippen LogP contribution < -0.4 is 15.0 Å². The van der Waals surface area contributed by atoms with Gasteiger partial charge in [-0.3, -0.25) is 4.79 Å². The van der Waals surface area contributed by atoms with E-state index in [1.165, 1.54) is 30.7 Å². The Morgan fingerprint density at radius 2 is 2.03 bits per heavy atom. The highest BCUT2D eigenvalue weighted by atomic mass is 19.1. The third-order valence-corrected chi connectivity index (χ3v) is 6.02. The summed E-state index contributed by atoms with van der Waals surface area (Å²) in [5.74, 6) is 0.454. The molecule has 0 saturated carbocycles. The number of hydrogen-bond acceptors (Lipinski definition) is 7. The van der Waals surface area contributed by atoms with Gasteiger partial charge in [0.15, 0.2) is 11.6 Å². The van der Waals surface area contributed by atoms with Gasteiger partial charge in [0.1, 0.15) is 17.9 Å². The Morgan fingerprint density at radius 3 is 2.70 bits per heavy atom. The molecular formula is C27H38FN5O4. The van der Waals surface area contributed by atoms with E-state index in [0.29, 0.717) is 31.3 Å². The van der Waals surface area contributed by atoms with E-state index in [-0.39, 0.29) is 34.7 Å². The molecular weight excluding hydrogens is 477 g/mol. The smallest absolute Gasteiger partial charge is 0.407 e. The molecule has 0 spiro atoms. The molecule has 2 aromatic rings. The van der Waals surface area contributed by atoms with Gasteiger partial charge < -0.3 is 24.6 Å². The fraction of sp³-hybridized carbons (Fsp3) is 0.556. The second-order valence-corrected chi connectivity index (χ2v) is 10.6. The van der Waals surface area contributed by atoms with Crippen LogP contribution in [0, 0.1) is 11.7 Å². The lowest BCUT2D eigenvalue weighted by molar-refractivity contribution is 0.0713. The van der Waals surface area contributed by atoms with Crippen molar-refractivity contribution in [3.05, 3.63) is 42.1 Å². The van der Waals surface area contributed by atoms with Crippen LogP contribution in [-0.2, 0) is 4.74 Å². The van der Waals surface area contributed by atoms with Crippen LogP contribution in [0.2, 0.25) is 0 Å². The predicted octanol–water partition coefficient (Wildman–Crippen LogP) is 5.02. The second-order valence-electron chi connectivity index (χ2n) is 10.6. The molecule has 1 aromatic heterocycles. The lowest BCUT2D eigenvalue weighted by Gasteiger charge is -2.34. The van der Waals surface area contributed by atoms with E-state index in [9.17, 15) is 14.0 Å². The average molecular weight is 516 g/mol. The Morgan fingerprint density at radius 1 is 1.27 bits per heavy atom. The van der Waals surface area contributed by atoms with E-state index < -0.39 is 11.9 Å². The molecule has 1 aliphatic heterocycles. The molecule has 0 radical (unpaired) electrons. The Bertz CT molecular complexity index is 1090. The number of aromatic nitrogens is 2. The van der Waals surface area contributed by atoms with Crippen LogP contribution in [-0.4, -0.2) is 64.7 Å². The van der Waals surface area contributed by atoms with Crippen molar-refractivity contribution in [2.75, 3.05) is 31.1 Å². The Kier molecular flexibility index (Phi) is 9.29. The maximum atomic E-state index is 14.1. The Labute approximate surface area is 218 Å². The number of amides is 2. The molecule has 10 heteroatoms. The molecule has 9 nitrogen and oxygen atoms in total. The molecule has 0 bridgehead atoms. The number of halogens is 1. The topological polar surface area (TPSA) is 96.9 Å². The summed E-state index contributed by atoms with van der Waals surface area (Å²) < 4.78 is 25.8. The molecule has 3 rings (SSSR count). The maximum absolute atomic E-state index is 14.1. The van der Waals surface area contributed by atoms with Crippen LogP contribution in [0.5, 0.6) is 11.5 Å². The van der Waals surface area contributed by atoms with Crippen LogP contribution in [0.15, 0.2) is 30.7 Å². The predicted molar refractivity (Wildman–Crippen MR) is 140 cm³/mol. The number of ether oxygens (including phenoxy) is 2. The van der Waals surface area contributed by atoms with E-state index in [2.05, 4.69) is 20.2 Å². The maximum Gasteiger partial charge on any atom is 0.407 e. The van der Waals surface area contributed by atoms with Crippen LogP contribution in [0.1, 0.15) is 64.7 Å². The number of carbonyl (C=O) groups excluding carboxylic acids is 2. The first-order valence-electron chi connectivity index (χ1n) is 12.8. The molecule has 1 atom stereocenters. The quantitative estimate of drug-likeness (QED) is 0.527. The van der Waals surface area contributed by atoms with Crippen molar-refractivity contribution < 1.29 is 23.5 Å². The van der Waals surface area contributed by atoms with Gasteiger partial charge in [-0.2, -0.15) is 0 Å². The van der Waals surface area contributed by atoms with Gasteiger partial charge in [0.25, 0.3) is 5.91 Å². The van der Waals surface area contributed by atoms with E-state index >= 15 is 0 Å². The van der Waals surface area contributed by atoms with E-state index in [1.54, 1.807) is 4.90 Å². The minimum atomic E-state index is -0.519. The second kappa shape index (κ2) is 12.2. The summed E-state index contributed by atoms with van der Waals surface area (Å²) in [6.45, 7) is 13.5. The SMILES string of the molecule is CCN(C(=O)c1cc(F)ccc1Oc1cncnc1N1CCC[C@@H](COC(=O)NC(C)(C)C)C1)C(C)C. The van der Waals surface area contributed by atoms with Gasteiger partial charge in [-0.05, 0) is 72.6 Å². The number of rotatable bonds is 8. The van der Waals surface area contributed by atoms with Gasteiger partial charge in [-0.25, -0.2) is 19.2 Å². The van der Waals surface area contributed by atoms with Crippen molar-refractivity contribution in [2.45, 2.75) is 66.0 Å². The normalized spacial score (nSPS) is 15.9. The van der Waals surface area contributed by atoms with Crippen LogP contribution >= 0.6 is 0 Å². The minimum Gasteiger partial charge on any atom is -0.451 e. The first-order valence-corrected chi connectivity index (χ1v) is 12.8. The van der Waals surface area contributed by atoms with Crippen LogP contribution in [0.4, 0.5) is 15.0 Å². The highest BCUT2D eigenvalue weighted by Crippen LogP contribution is 2.34. The van der Waals surface area contributed by atoms with Gasteiger partial charge in [0, 0.05) is 37.1 Å². The summed E-state index contributed by atoms with van der Waals surface area (Å²) >= 11 is 0. The molecule has 1 aromatic carbocycles. The Balaban J connectivity index is 1.78. The zero-order valence-corrected chi connectivity index (χ0v) is 22.6. The van der Waals surface area contributed by atoms with Gasteiger partial charge in [0.2, 0.25) is 0 Å². The summed E-state index contributed by atoms with van der Waals surface area (Å²) in [6, 6.07) is 3.86. The number of carbonyl (C=O) groups is 2. The number of benzene rings is 1. The van der Waals surface area contributed by atoms with E-state index in [1.807, 2.05) is 41.5 Å². The summed E-state index contributed by atoms with van der Waals surface area (Å²) in [4.78, 5) is 37.6. The minimum absolute atomic E-state index is 0.0535. The number of nitrogens with zero attached hydrogens (tertiary/aromatic N) is 4. The summed E-state index contributed by atoms with van der Waals surface area (Å²) in [5, 5.41) is 2.80. The molecule has 1 aliphatic rings. The van der Waals surface area contributed by atoms with Gasteiger partial charge in [-0.15, -0.1) is 0 Å². The lowest BCUT2D eigenvalue weighted by atomic mass is 9.99. The Hall–Kier alpha value is -3.43. The highest BCUT2D eigenvalue weighted by Gasteiger charge is 2.27. The van der Waals surface area contributed by atoms with Crippen molar-refractivity contribution in [1.29, 1.82) is 0 Å². The van der Waals surface area contributed by atoms with E-state index in [0.717, 1.165) is 19.4 Å². The lowest BCUT2D eigenvalue weighted by Crippen LogP contribution is -2.43. The molecule has 37 heavy (non-hydrogen) atoms. The zero-order chi connectivity index (χ0) is 27.2. The number of anilines is 1. The molecule has 202 valence electrons. The zero-order valence-electron chi connectivity index (χ0n) is 22.6. The summed E-state index contributed by atoms with van der Waals surface area (Å²) in [6.07, 6.45) is 4.34. The largest absolute Gasteiger partial charge is 0.451 e. The van der Waals surface area contributed by atoms with E-state index in [4.69, 9.17) is 9.47 Å². The van der Waals surface area contributed by atoms with Crippen LogP contribution in [0.3, 0.4) is 0 Å². The number of alkyl carbamates (subject to hydrolysis) is 1. The fourth-order valence-corrected chi connectivity index (χ4v) is 4.32. The van der Waals surface area contributed by atoms with Crippen molar-refractivity contribution >= 4 is 17.8 Å². The first kappa shape index (κ1) is 28.1. The number of nitrogens with one attached hydrogen (secondary N) is 1. The number of piperidine rings is 1. The third-order valence-electron chi connectivity index (χ3n) is 6.02. The molecule has 1 saturated heterocycles. The highest BCUT2D eigenvalue weighted by molar-refractivity contribution is 5.97. The molecule has 2 heterocycles. The molecule has 2 amide bonds. The summed E-state index contributed by atoms with van der Waals surface area (Å²) in [5.41, 5.74) is -0.229. The van der Waals surface area contributed by atoms with Crippen molar-refractivity contribution in [2.24, 2.45) is 5.92 Å². The summed E-state index contributed by atoms with van der Waals surface area (Å²) in [7, 11) is 0. The van der Waals surface area contributed by atoms with Gasteiger partial charge in [0.05, 0.1) is 18.4 Å². The van der Waals surface area contributed by atoms with Gasteiger partial charge >= 0.3 is 6.09 Å².